The molecule has 2 aromatic carbocycles. The van der Waals surface area contributed by atoms with E-state index in [1.165, 1.54) is 36.4 Å². The van der Waals surface area contributed by atoms with E-state index in [0.29, 0.717) is 10.6 Å². The summed E-state index contributed by atoms with van der Waals surface area (Å²) in [6.07, 6.45) is 0. The summed E-state index contributed by atoms with van der Waals surface area (Å²) in [6.45, 7) is 0. The standard InChI is InChI=1S/C15H8Cl2FN3O2/c16-9-3-6-11(12(17)7-9)13(22)19-15-21-20-14(23-15)8-1-4-10(18)5-2-8/h1-7H,(H,19,21,22). The average Bonchev–Trinajstić information content (AvgIpc) is 2.96. The lowest BCUT2D eigenvalue weighted by molar-refractivity contribution is 0.102. The minimum absolute atomic E-state index is 0.0969. The van der Waals surface area contributed by atoms with Crippen molar-refractivity contribution in [2.45, 2.75) is 0 Å². The summed E-state index contributed by atoms with van der Waals surface area (Å²) in [5.41, 5.74) is 0.751. The van der Waals surface area contributed by atoms with Gasteiger partial charge in [0, 0.05) is 10.6 Å². The van der Waals surface area contributed by atoms with Crippen LogP contribution in [0.2, 0.25) is 10.0 Å². The third-order valence-electron chi connectivity index (χ3n) is 2.91. The largest absolute Gasteiger partial charge is 0.403 e. The number of benzene rings is 2. The zero-order chi connectivity index (χ0) is 16.4. The van der Waals surface area contributed by atoms with E-state index in [0.717, 1.165) is 0 Å². The van der Waals surface area contributed by atoms with Gasteiger partial charge in [0.15, 0.2) is 0 Å². The molecular formula is C15H8Cl2FN3O2. The Bertz CT molecular complexity index is 865. The van der Waals surface area contributed by atoms with Gasteiger partial charge in [0.1, 0.15) is 5.82 Å². The monoisotopic (exact) mass is 351 g/mol. The number of nitrogens with zero attached hydrogens (tertiary/aromatic N) is 2. The molecule has 0 spiro atoms. The van der Waals surface area contributed by atoms with Crippen LogP contribution in [0.15, 0.2) is 46.9 Å². The van der Waals surface area contributed by atoms with Crippen LogP contribution in [0.1, 0.15) is 10.4 Å². The van der Waals surface area contributed by atoms with Crippen molar-refractivity contribution in [1.82, 2.24) is 10.2 Å². The molecule has 0 unspecified atom stereocenters. The average molecular weight is 352 g/mol. The number of amides is 1. The van der Waals surface area contributed by atoms with Crippen molar-refractivity contribution in [3.8, 4) is 11.5 Å². The molecule has 23 heavy (non-hydrogen) atoms. The number of carbonyl (C=O) groups is 1. The van der Waals surface area contributed by atoms with Crippen molar-refractivity contribution in [2.24, 2.45) is 0 Å². The molecule has 0 saturated heterocycles. The fourth-order valence-corrected chi connectivity index (χ4v) is 2.32. The fraction of sp³-hybridized carbons (Fsp3) is 0. The van der Waals surface area contributed by atoms with Crippen LogP contribution in [0.3, 0.4) is 0 Å². The van der Waals surface area contributed by atoms with Crippen molar-refractivity contribution in [3.05, 3.63) is 63.9 Å². The van der Waals surface area contributed by atoms with E-state index < -0.39 is 5.91 Å². The summed E-state index contributed by atoms with van der Waals surface area (Å²) in [6, 6.07) is 9.90. The van der Waals surface area contributed by atoms with Gasteiger partial charge in [-0.25, -0.2) is 4.39 Å². The third kappa shape index (κ3) is 3.49. The maximum absolute atomic E-state index is 12.9. The quantitative estimate of drug-likeness (QED) is 0.757. The van der Waals surface area contributed by atoms with Crippen molar-refractivity contribution in [1.29, 1.82) is 0 Å². The molecule has 5 nitrogen and oxygen atoms in total. The molecule has 0 bridgehead atoms. The molecule has 0 radical (unpaired) electrons. The third-order valence-corrected chi connectivity index (χ3v) is 3.46. The summed E-state index contributed by atoms with van der Waals surface area (Å²) in [4.78, 5) is 12.1. The van der Waals surface area contributed by atoms with E-state index in [1.807, 2.05) is 0 Å². The first kappa shape index (κ1) is 15.5. The number of carbonyl (C=O) groups excluding carboxylic acids is 1. The molecule has 0 aliphatic heterocycles. The van der Waals surface area contributed by atoms with Crippen LogP contribution in [-0.2, 0) is 0 Å². The van der Waals surface area contributed by atoms with Gasteiger partial charge >= 0.3 is 6.01 Å². The Morgan fingerprint density at radius 1 is 1.09 bits per heavy atom. The van der Waals surface area contributed by atoms with Crippen molar-refractivity contribution in [3.63, 3.8) is 0 Å². The van der Waals surface area contributed by atoms with Crippen LogP contribution < -0.4 is 5.32 Å². The zero-order valence-corrected chi connectivity index (χ0v) is 12.9. The number of aromatic nitrogens is 2. The lowest BCUT2D eigenvalue weighted by Crippen LogP contribution is -2.12. The summed E-state index contributed by atoms with van der Waals surface area (Å²) in [7, 11) is 0. The van der Waals surface area contributed by atoms with Gasteiger partial charge in [-0.2, -0.15) is 0 Å². The van der Waals surface area contributed by atoms with Gasteiger partial charge in [0.25, 0.3) is 5.91 Å². The SMILES string of the molecule is O=C(Nc1nnc(-c2ccc(F)cc2)o1)c1ccc(Cl)cc1Cl. The van der Waals surface area contributed by atoms with Gasteiger partial charge in [-0.05, 0) is 42.5 Å². The fourth-order valence-electron chi connectivity index (χ4n) is 1.82. The number of hydrogen-bond acceptors (Lipinski definition) is 4. The van der Waals surface area contributed by atoms with Gasteiger partial charge in [-0.3, -0.25) is 10.1 Å². The van der Waals surface area contributed by atoms with Gasteiger partial charge in [0.2, 0.25) is 5.89 Å². The lowest BCUT2D eigenvalue weighted by Gasteiger charge is -2.03. The molecule has 3 aromatic rings. The van der Waals surface area contributed by atoms with Crippen molar-refractivity contribution < 1.29 is 13.6 Å². The highest BCUT2D eigenvalue weighted by molar-refractivity contribution is 6.37. The highest BCUT2D eigenvalue weighted by atomic mass is 35.5. The Balaban J connectivity index is 1.78. The van der Waals surface area contributed by atoms with E-state index in [4.69, 9.17) is 27.6 Å². The topological polar surface area (TPSA) is 68.0 Å². The van der Waals surface area contributed by atoms with E-state index in [2.05, 4.69) is 15.5 Å². The molecule has 1 amide bonds. The number of hydrogen-bond donors (Lipinski definition) is 1. The van der Waals surface area contributed by atoms with Crippen LogP contribution in [0, 0.1) is 5.82 Å². The molecule has 1 N–H and O–H groups in total. The summed E-state index contributed by atoms with van der Waals surface area (Å²) in [5, 5.41) is 10.6. The first-order valence-electron chi connectivity index (χ1n) is 6.39. The second-order valence-corrected chi connectivity index (χ2v) is 5.34. The molecule has 8 heteroatoms. The molecule has 0 fully saturated rings. The first-order valence-corrected chi connectivity index (χ1v) is 7.14. The molecule has 0 aliphatic carbocycles. The number of halogens is 3. The smallest absolute Gasteiger partial charge is 0.322 e. The molecular weight excluding hydrogens is 344 g/mol. The molecule has 0 atom stereocenters. The summed E-state index contributed by atoms with van der Waals surface area (Å²) >= 11 is 11.7. The Morgan fingerprint density at radius 3 is 2.52 bits per heavy atom. The lowest BCUT2D eigenvalue weighted by atomic mass is 10.2. The molecule has 116 valence electrons. The highest BCUT2D eigenvalue weighted by Gasteiger charge is 2.15. The molecule has 1 heterocycles. The molecule has 3 rings (SSSR count). The Kier molecular flexibility index (Phi) is 4.27. The van der Waals surface area contributed by atoms with Crippen LogP contribution in [0.5, 0.6) is 0 Å². The van der Waals surface area contributed by atoms with E-state index in [9.17, 15) is 9.18 Å². The Morgan fingerprint density at radius 2 is 1.83 bits per heavy atom. The van der Waals surface area contributed by atoms with Crippen LogP contribution >= 0.6 is 23.2 Å². The second-order valence-electron chi connectivity index (χ2n) is 4.50. The van der Waals surface area contributed by atoms with Crippen LogP contribution in [-0.4, -0.2) is 16.1 Å². The highest BCUT2D eigenvalue weighted by Crippen LogP contribution is 2.23. The molecule has 0 saturated carbocycles. The maximum atomic E-state index is 12.9. The van der Waals surface area contributed by atoms with Crippen LogP contribution in [0.4, 0.5) is 10.4 Å². The maximum Gasteiger partial charge on any atom is 0.322 e. The number of rotatable bonds is 3. The number of nitrogens with one attached hydrogen (secondary N) is 1. The summed E-state index contributed by atoms with van der Waals surface area (Å²) in [5.74, 6) is -0.734. The second kappa shape index (κ2) is 6.36. The van der Waals surface area contributed by atoms with E-state index >= 15 is 0 Å². The van der Waals surface area contributed by atoms with Gasteiger partial charge < -0.3 is 4.42 Å². The van der Waals surface area contributed by atoms with Crippen molar-refractivity contribution in [2.75, 3.05) is 5.32 Å². The first-order chi connectivity index (χ1) is 11.0. The zero-order valence-electron chi connectivity index (χ0n) is 11.4. The number of anilines is 1. The van der Waals surface area contributed by atoms with Crippen LogP contribution in [0.25, 0.3) is 11.5 Å². The van der Waals surface area contributed by atoms with Gasteiger partial charge in [-0.15, -0.1) is 5.10 Å². The molecule has 0 aliphatic rings. The van der Waals surface area contributed by atoms with Gasteiger partial charge in [0.05, 0.1) is 10.6 Å². The normalized spacial score (nSPS) is 10.6. The van der Waals surface area contributed by atoms with E-state index in [-0.39, 0.29) is 28.3 Å². The predicted octanol–water partition coefficient (Wildman–Crippen LogP) is 4.43. The van der Waals surface area contributed by atoms with Gasteiger partial charge in [-0.1, -0.05) is 28.3 Å². The summed E-state index contributed by atoms with van der Waals surface area (Å²) < 4.78 is 18.2. The van der Waals surface area contributed by atoms with E-state index in [1.54, 1.807) is 6.07 Å². The predicted molar refractivity (Wildman–Crippen MR) is 84.1 cm³/mol. The molecule has 1 aromatic heterocycles. The van der Waals surface area contributed by atoms with Crippen molar-refractivity contribution >= 4 is 35.1 Å². The Hall–Kier alpha value is -2.44. The minimum Gasteiger partial charge on any atom is -0.403 e. The minimum atomic E-state index is -0.513. The Labute approximate surface area is 140 Å².